The van der Waals surface area contributed by atoms with Gasteiger partial charge in [0.25, 0.3) is 5.56 Å². The predicted molar refractivity (Wildman–Crippen MR) is 91.9 cm³/mol. The van der Waals surface area contributed by atoms with E-state index in [2.05, 4.69) is 19.9 Å². The summed E-state index contributed by atoms with van der Waals surface area (Å²) in [7, 11) is 0. The first-order valence-electron chi connectivity index (χ1n) is 9.13. The number of rotatable bonds is 4. The van der Waals surface area contributed by atoms with E-state index >= 15 is 0 Å². The molecule has 6 nitrogen and oxygen atoms in total. The first-order chi connectivity index (χ1) is 11.7. The third kappa shape index (κ3) is 3.02. The Balaban J connectivity index is 1.56. The van der Waals surface area contributed by atoms with Crippen LogP contribution in [0, 0.1) is 0 Å². The lowest BCUT2D eigenvalue weighted by molar-refractivity contribution is 0.234. The van der Waals surface area contributed by atoms with Gasteiger partial charge in [0.05, 0.1) is 18.3 Å². The van der Waals surface area contributed by atoms with E-state index in [0.717, 1.165) is 56.0 Å². The molecule has 0 unspecified atom stereocenters. The van der Waals surface area contributed by atoms with E-state index in [0.29, 0.717) is 12.6 Å². The fourth-order valence-electron chi connectivity index (χ4n) is 3.97. The van der Waals surface area contributed by atoms with Gasteiger partial charge in [0, 0.05) is 17.5 Å². The number of aromatic amines is 2. The van der Waals surface area contributed by atoms with Crippen LogP contribution < -0.4 is 5.56 Å². The smallest absolute Gasteiger partial charge is 0.251 e. The van der Waals surface area contributed by atoms with Gasteiger partial charge in [-0.15, -0.1) is 0 Å². The zero-order chi connectivity index (χ0) is 16.5. The summed E-state index contributed by atoms with van der Waals surface area (Å²) in [6.45, 7) is 3.73. The molecule has 2 N–H and O–H groups in total. The summed E-state index contributed by atoms with van der Waals surface area (Å²) >= 11 is 0. The van der Waals surface area contributed by atoms with Crippen LogP contribution in [0.15, 0.2) is 10.9 Å². The third-order valence-electron chi connectivity index (χ3n) is 5.21. The molecule has 2 aromatic rings. The van der Waals surface area contributed by atoms with Crippen molar-refractivity contribution in [3.8, 4) is 0 Å². The molecular weight excluding hydrogens is 302 g/mol. The van der Waals surface area contributed by atoms with E-state index < -0.39 is 0 Å². The number of nitrogens with one attached hydrogen (secondary N) is 2. The molecule has 1 atom stereocenters. The van der Waals surface area contributed by atoms with Gasteiger partial charge in [0.2, 0.25) is 0 Å². The Morgan fingerprint density at radius 1 is 1.21 bits per heavy atom. The molecule has 1 saturated heterocycles. The molecule has 0 saturated carbocycles. The number of aromatic nitrogens is 4. The first kappa shape index (κ1) is 15.6. The van der Waals surface area contributed by atoms with Gasteiger partial charge in [0.1, 0.15) is 11.6 Å². The van der Waals surface area contributed by atoms with Crippen LogP contribution in [0.25, 0.3) is 0 Å². The number of H-pyrrole nitrogens is 2. The van der Waals surface area contributed by atoms with Gasteiger partial charge in [-0.1, -0.05) is 6.92 Å². The molecule has 24 heavy (non-hydrogen) atoms. The zero-order valence-electron chi connectivity index (χ0n) is 14.3. The highest BCUT2D eigenvalue weighted by molar-refractivity contribution is 5.19. The maximum absolute atomic E-state index is 11.8. The molecule has 0 aromatic carbocycles. The van der Waals surface area contributed by atoms with E-state index in [-0.39, 0.29) is 5.56 Å². The van der Waals surface area contributed by atoms with E-state index in [1.54, 1.807) is 6.07 Å². The molecule has 1 fully saturated rings. The van der Waals surface area contributed by atoms with Crippen LogP contribution >= 0.6 is 0 Å². The van der Waals surface area contributed by atoms with E-state index in [4.69, 9.17) is 4.98 Å². The minimum Gasteiger partial charge on any atom is -0.344 e. The standard InChI is InChI=1S/C18H25N5O/c1-2-12-10-17(24)22-16(19-12)11-23-9-5-8-15(23)18-20-13-6-3-4-7-14(13)21-18/h10,15H,2-9,11H2,1H3,(H,20,21)(H,19,22,24)/t15-/m1/s1. The Bertz CT molecular complexity index is 754. The maximum atomic E-state index is 11.8. The van der Waals surface area contributed by atoms with Crippen LogP contribution in [0.4, 0.5) is 0 Å². The minimum atomic E-state index is -0.0546. The lowest BCUT2D eigenvalue weighted by Crippen LogP contribution is -2.26. The van der Waals surface area contributed by atoms with Crippen molar-refractivity contribution >= 4 is 0 Å². The molecule has 1 aliphatic heterocycles. The van der Waals surface area contributed by atoms with Crippen molar-refractivity contribution in [2.24, 2.45) is 0 Å². The largest absolute Gasteiger partial charge is 0.344 e. The minimum absolute atomic E-state index is 0.0546. The van der Waals surface area contributed by atoms with Crippen molar-refractivity contribution in [2.75, 3.05) is 6.54 Å². The van der Waals surface area contributed by atoms with Gasteiger partial charge in [-0.25, -0.2) is 9.97 Å². The van der Waals surface area contributed by atoms with E-state index in [1.807, 2.05) is 6.92 Å². The number of likely N-dealkylation sites (tertiary alicyclic amines) is 1. The van der Waals surface area contributed by atoms with Gasteiger partial charge in [0.15, 0.2) is 0 Å². The summed E-state index contributed by atoms with van der Waals surface area (Å²) in [4.78, 5) is 30.1. The number of hydrogen-bond acceptors (Lipinski definition) is 4. The van der Waals surface area contributed by atoms with Crippen molar-refractivity contribution in [3.05, 3.63) is 45.2 Å². The number of nitrogens with zero attached hydrogens (tertiary/aromatic N) is 3. The maximum Gasteiger partial charge on any atom is 0.251 e. The highest BCUT2D eigenvalue weighted by Gasteiger charge is 2.30. The Kier molecular flexibility index (Phi) is 4.22. The third-order valence-corrected chi connectivity index (χ3v) is 5.21. The lowest BCUT2D eigenvalue weighted by Gasteiger charge is -2.22. The number of aryl methyl sites for hydroxylation is 3. The second-order valence-corrected chi connectivity index (χ2v) is 6.92. The molecule has 6 heteroatoms. The van der Waals surface area contributed by atoms with Gasteiger partial charge in [-0.05, 0) is 51.5 Å². The molecule has 1 aliphatic carbocycles. The predicted octanol–water partition coefficient (Wildman–Crippen LogP) is 2.27. The van der Waals surface area contributed by atoms with E-state index in [1.165, 1.54) is 24.2 Å². The fraction of sp³-hybridized carbons (Fsp3) is 0.611. The summed E-state index contributed by atoms with van der Waals surface area (Å²) in [6, 6.07) is 1.90. The van der Waals surface area contributed by atoms with Gasteiger partial charge < -0.3 is 9.97 Å². The molecule has 0 radical (unpaired) electrons. The van der Waals surface area contributed by atoms with Crippen LogP contribution in [-0.4, -0.2) is 31.4 Å². The number of fused-ring (bicyclic) bond motifs is 1. The topological polar surface area (TPSA) is 77.7 Å². The average molecular weight is 327 g/mol. The highest BCUT2D eigenvalue weighted by Crippen LogP contribution is 2.32. The SMILES string of the molecule is CCc1cc(=O)[nH]c(CN2CCC[C@@H]2c2nc3c([nH]2)CCCC3)n1. The van der Waals surface area contributed by atoms with Crippen LogP contribution in [0.2, 0.25) is 0 Å². The quantitative estimate of drug-likeness (QED) is 0.903. The van der Waals surface area contributed by atoms with Gasteiger partial charge in [-0.3, -0.25) is 9.69 Å². The molecule has 3 heterocycles. The molecule has 4 rings (SSSR count). The zero-order valence-corrected chi connectivity index (χ0v) is 14.3. The molecule has 2 aromatic heterocycles. The number of imidazole rings is 1. The van der Waals surface area contributed by atoms with Crippen molar-refractivity contribution < 1.29 is 0 Å². The summed E-state index contributed by atoms with van der Waals surface area (Å²) in [5.74, 6) is 1.87. The molecular formula is C18H25N5O. The normalized spacial score (nSPS) is 21.1. The molecule has 128 valence electrons. The van der Waals surface area contributed by atoms with Crippen molar-refractivity contribution in [1.29, 1.82) is 0 Å². The van der Waals surface area contributed by atoms with Crippen molar-refractivity contribution in [2.45, 2.75) is 64.5 Å². The summed E-state index contributed by atoms with van der Waals surface area (Å²) < 4.78 is 0. The Morgan fingerprint density at radius 2 is 2.08 bits per heavy atom. The van der Waals surface area contributed by atoms with Crippen LogP contribution in [-0.2, 0) is 25.8 Å². The molecule has 0 spiro atoms. The van der Waals surface area contributed by atoms with Crippen LogP contribution in [0.3, 0.4) is 0 Å². The van der Waals surface area contributed by atoms with Crippen LogP contribution in [0.5, 0.6) is 0 Å². The average Bonchev–Trinajstić information content (AvgIpc) is 3.20. The Morgan fingerprint density at radius 3 is 2.92 bits per heavy atom. The highest BCUT2D eigenvalue weighted by atomic mass is 16.1. The molecule has 0 amide bonds. The van der Waals surface area contributed by atoms with Gasteiger partial charge >= 0.3 is 0 Å². The number of hydrogen-bond donors (Lipinski definition) is 2. The van der Waals surface area contributed by atoms with Crippen LogP contribution in [0.1, 0.15) is 67.4 Å². The molecule has 0 bridgehead atoms. The van der Waals surface area contributed by atoms with Crippen molar-refractivity contribution in [1.82, 2.24) is 24.8 Å². The summed E-state index contributed by atoms with van der Waals surface area (Å²) in [6.07, 6.45) is 7.80. The molecule has 2 aliphatic rings. The summed E-state index contributed by atoms with van der Waals surface area (Å²) in [5.41, 5.74) is 3.41. The monoisotopic (exact) mass is 327 g/mol. The Labute approximate surface area is 141 Å². The van der Waals surface area contributed by atoms with Gasteiger partial charge in [-0.2, -0.15) is 0 Å². The Hall–Kier alpha value is -1.95. The van der Waals surface area contributed by atoms with E-state index in [9.17, 15) is 4.79 Å². The lowest BCUT2D eigenvalue weighted by atomic mass is 10.0. The second-order valence-electron chi connectivity index (χ2n) is 6.92. The second kappa shape index (κ2) is 6.51. The first-order valence-corrected chi connectivity index (χ1v) is 9.13. The fourth-order valence-corrected chi connectivity index (χ4v) is 3.97. The summed E-state index contributed by atoms with van der Waals surface area (Å²) in [5, 5.41) is 0. The van der Waals surface area contributed by atoms with Crippen molar-refractivity contribution in [3.63, 3.8) is 0 Å².